The van der Waals surface area contributed by atoms with Gasteiger partial charge in [-0.2, -0.15) is 0 Å². The number of rotatable bonds is 5. The largest absolute Gasteiger partial charge is 0.299 e. The predicted octanol–water partition coefficient (Wildman–Crippen LogP) is 2.71. The molecular weight excluding hydrogens is 124 g/mol. The van der Waals surface area contributed by atoms with Crippen molar-refractivity contribution >= 4 is 5.78 Å². The average Bonchev–Trinajstić information content (AvgIpc) is 1.89. The second kappa shape index (κ2) is 6.53. The predicted molar refractivity (Wildman–Crippen MR) is 44.0 cm³/mol. The average molecular weight is 140 g/mol. The van der Waals surface area contributed by atoms with E-state index in [0.717, 1.165) is 19.3 Å². The Morgan fingerprint density at radius 2 is 2.00 bits per heavy atom. The minimum absolute atomic E-state index is 0.354. The Bertz CT molecular complexity index is 114. The van der Waals surface area contributed by atoms with Gasteiger partial charge in [0.2, 0.25) is 0 Å². The number of ketones is 1. The van der Waals surface area contributed by atoms with E-state index in [1.165, 1.54) is 0 Å². The van der Waals surface area contributed by atoms with Gasteiger partial charge in [-0.3, -0.25) is 4.79 Å². The molecule has 10 heavy (non-hydrogen) atoms. The van der Waals surface area contributed by atoms with Crippen LogP contribution in [0.1, 0.15) is 39.5 Å². The molecule has 0 rings (SSSR count). The van der Waals surface area contributed by atoms with Gasteiger partial charge in [0.15, 0.2) is 0 Å². The van der Waals surface area contributed by atoms with E-state index >= 15 is 0 Å². The zero-order valence-corrected chi connectivity index (χ0v) is 6.89. The van der Waals surface area contributed by atoms with Crippen LogP contribution in [0, 0.1) is 0 Å². The first-order valence-electron chi connectivity index (χ1n) is 3.98. The third-order valence-electron chi connectivity index (χ3n) is 1.28. The molecule has 0 bridgehead atoms. The van der Waals surface area contributed by atoms with E-state index in [1.807, 2.05) is 19.1 Å². The molecule has 0 aromatic rings. The van der Waals surface area contributed by atoms with Crippen LogP contribution >= 0.6 is 0 Å². The number of hydrogen-bond acceptors (Lipinski definition) is 1. The van der Waals surface area contributed by atoms with Crippen LogP contribution < -0.4 is 0 Å². The number of allylic oxidation sites excluding steroid dienone is 2. The van der Waals surface area contributed by atoms with Gasteiger partial charge < -0.3 is 0 Å². The lowest BCUT2D eigenvalue weighted by atomic mass is 10.2. The Morgan fingerprint density at radius 1 is 1.30 bits per heavy atom. The normalized spacial score (nSPS) is 10.6. The van der Waals surface area contributed by atoms with Gasteiger partial charge in [0, 0.05) is 12.8 Å². The Labute approximate surface area is 63.1 Å². The van der Waals surface area contributed by atoms with E-state index in [9.17, 15) is 4.79 Å². The Hall–Kier alpha value is -0.590. The molecule has 0 atom stereocenters. The highest BCUT2D eigenvalue weighted by Gasteiger charge is 1.94. The van der Waals surface area contributed by atoms with Gasteiger partial charge >= 0.3 is 0 Å². The van der Waals surface area contributed by atoms with E-state index in [4.69, 9.17) is 0 Å². The van der Waals surface area contributed by atoms with Crippen LogP contribution in [0.3, 0.4) is 0 Å². The maximum absolute atomic E-state index is 10.9. The van der Waals surface area contributed by atoms with Gasteiger partial charge in [-0.05, 0) is 12.8 Å². The quantitative estimate of drug-likeness (QED) is 0.536. The van der Waals surface area contributed by atoms with Gasteiger partial charge in [-0.25, -0.2) is 0 Å². The smallest absolute Gasteiger partial charge is 0.136 e. The third kappa shape index (κ3) is 5.54. The molecule has 58 valence electrons. The van der Waals surface area contributed by atoms with E-state index in [0.29, 0.717) is 12.2 Å². The molecule has 0 heterocycles. The van der Waals surface area contributed by atoms with E-state index in [-0.39, 0.29) is 0 Å². The summed E-state index contributed by atoms with van der Waals surface area (Å²) in [5, 5.41) is 0. The van der Waals surface area contributed by atoms with Crippen LogP contribution in [0.15, 0.2) is 12.2 Å². The lowest BCUT2D eigenvalue weighted by molar-refractivity contribution is -0.118. The fourth-order valence-electron chi connectivity index (χ4n) is 0.762. The number of Topliss-reactive ketones (excluding diaryl/α,β-unsaturated/α-hetero) is 1. The summed E-state index contributed by atoms with van der Waals surface area (Å²) < 4.78 is 0. The molecule has 0 aliphatic heterocycles. The van der Waals surface area contributed by atoms with Gasteiger partial charge in [-0.15, -0.1) is 0 Å². The summed E-state index contributed by atoms with van der Waals surface area (Å²) in [5.41, 5.74) is 0. The summed E-state index contributed by atoms with van der Waals surface area (Å²) in [5.74, 6) is 0.354. The molecule has 1 heteroatoms. The minimum Gasteiger partial charge on any atom is -0.299 e. The molecule has 0 aliphatic rings. The molecule has 0 N–H and O–H groups in total. The molecule has 0 saturated carbocycles. The molecule has 0 aliphatic carbocycles. The van der Waals surface area contributed by atoms with Crippen molar-refractivity contribution in [1.82, 2.24) is 0 Å². The molecule has 0 aromatic carbocycles. The monoisotopic (exact) mass is 140 g/mol. The van der Waals surface area contributed by atoms with Crippen LogP contribution in [-0.4, -0.2) is 5.78 Å². The molecule has 0 amide bonds. The first kappa shape index (κ1) is 9.41. The van der Waals surface area contributed by atoms with Crippen molar-refractivity contribution in [1.29, 1.82) is 0 Å². The molecule has 0 spiro atoms. The first-order valence-corrected chi connectivity index (χ1v) is 3.98. The first-order chi connectivity index (χ1) is 4.81. The van der Waals surface area contributed by atoms with Crippen molar-refractivity contribution in [2.45, 2.75) is 39.5 Å². The number of carbonyl (C=O) groups is 1. The van der Waals surface area contributed by atoms with Crippen LogP contribution in [-0.2, 0) is 4.79 Å². The van der Waals surface area contributed by atoms with Crippen LogP contribution in [0.25, 0.3) is 0 Å². The summed E-state index contributed by atoms with van der Waals surface area (Å²) in [6.07, 6.45) is 7.35. The molecular formula is C9H16O. The summed E-state index contributed by atoms with van der Waals surface area (Å²) in [6, 6.07) is 0. The Balaban J connectivity index is 3.30. The van der Waals surface area contributed by atoms with E-state index in [1.54, 1.807) is 0 Å². The zero-order valence-electron chi connectivity index (χ0n) is 6.89. The molecule has 0 saturated heterocycles. The highest BCUT2D eigenvalue weighted by Crippen LogP contribution is 1.95. The lowest BCUT2D eigenvalue weighted by Gasteiger charge is -1.90. The van der Waals surface area contributed by atoms with Crippen LogP contribution in [0.2, 0.25) is 0 Å². The maximum atomic E-state index is 10.9. The number of hydrogen-bond donors (Lipinski definition) is 0. The summed E-state index contributed by atoms with van der Waals surface area (Å²) >= 11 is 0. The molecule has 1 nitrogen and oxygen atoms in total. The van der Waals surface area contributed by atoms with Gasteiger partial charge in [-0.1, -0.05) is 26.0 Å². The molecule has 0 unspecified atom stereocenters. The van der Waals surface area contributed by atoms with Gasteiger partial charge in [0.1, 0.15) is 5.78 Å². The van der Waals surface area contributed by atoms with E-state index < -0.39 is 0 Å². The van der Waals surface area contributed by atoms with Crippen LogP contribution in [0.5, 0.6) is 0 Å². The highest BCUT2D eigenvalue weighted by atomic mass is 16.1. The topological polar surface area (TPSA) is 17.1 Å². The van der Waals surface area contributed by atoms with Crippen molar-refractivity contribution in [2.24, 2.45) is 0 Å². The van der Waals surface area contributed by atoms with Crippen molar-refractivity contribution in [2.75, 3.05) is 0 Å². The SMILES string of the molecule is CCC=CCC(=O)CCC. The number of carbonyl (C=O) groups excluding carboxylic acids is 1. The van der Waals surface area contributed by atoms with Crippen molar-refractivity contribution in [3.05, 3.63) is 12.2 Å². The standard InChI is InChI=1S/C9H16O/c1-3-5-6-8-9(10)7-4-2/h5-6H,3-4,7-8H2,1-2H3. The van der Waals surface area contributed by atoms with Gasteiger partial charge in [0.05, 0.1) is 0 Å². The van der Waals surface area contributed by atoms with Crippen molar-refractivity contribution in [3.63, 3.8) is 0 Å². The fourth-order valence-corrected chi connectivity index (χ4v) is 0.762. The maximum Gasteiger partial charge on any atom is 0.136 e. The third-order valence-corrected chi connectivity index (χ3v) is 1.28. The Morgan fingerprint density at radius 3 is 2.50 bits per heavy atom. The molecule has 0 aromatic heterocycles. The second-order valence-corrected chi connectivity index (χ2v) is 2.37. The van der Waals surface area contributed by atoms with E-state index in [2.05, 4.69) is 6.92 Å². The van der Waals surface area contributed by atoms with Crippen LogP contribution in [0.4, 0.5) is 0 Å². The summed E-state index contributed by atoms with van der Waals surface area (Å²) in [7, 11) is 0. The second-order valence-electron chi connectivity index (χ2n) is 2.37. The van der Waals surface area contributed by atoms with Crippen molar-refractivity contribution < 1.29 is 4.79 Å². The minimum atomic E-state index is 0.354. The van der Waals surface area contributed by atoms with Gasteiger partial charge in [0.25, 0.3) is 0 Å². The summed E-state index contributed by atoms with van der Waals surface area (Å²) in [6.45, 7) is 4.10. The molecule has 0 fully saturated rings. The Kier molecular flexibility index (Phi) is 6.14. The van der Waals surface area contributed by atoms with Crippen molar-refractivity contribution in [3.8, 4) is 0 Å². The summed E-state index contributed by atoms with van der Waals surface area (Å²) in [4.78, 5) is 10.9. The highest BCUT2D eigenvalue weighted by molar-refractivity contribution is 5.79. The fraction of sp³-hybridized carbons (Fsp3) is 0.667. The lowest BCUT2D eigenvalue weighted by Crippen LogP contribution is -1.92. The zero-order chi connectivity index (χ0) is 7.82. The molecule has 0 radical (unpaired) electrons.